The molecule has 4 nitrogen and oxygen atoms in total. The first-order chi connectivity index (χ1) is 7.52. The Kier molecular flexibility index (Phi) is 4.17. The zero-order chi connectivity index (χ0) is 12.1. The predicted octanol–water partition coefficient (Wildman–Crippen LogP) is 2.23. The second-order valence-corrected chi connectivity index (χ2v) is 3.68. The molecule has 88 valence electrons. The summed E-state index contributed by atoms with van der Waals surface area (Å²) in [6.45, 7) is 6.00. The van der Waals surface area contributed by atoms with Gasteiger partial charge in [0.25, 0.3) is 0 Å². The first kappa shape index (κ1) is 12.4. The summed E-state index contributed by atoms with van der Waals surface area (Å²) in [4.78, 5) is 11.6. The van der Waals surface area contributed by atoms with Crippen molar-refractivity contribution in [2.24, 2.45) is 0 Å². The third-order valence-corrected chi connectivity index (χ3v) is 1.82. The zero-order valence-electron chi connectivity index (χ0n) is 9.82. The highest BCUT2D eigenvalue weighted by Gasteiger charge is 2.11. The van der Waals surface area contributed by atoms with E-state index in [1.54, 1.807) is 32.0 Å². The molecule has 0 heterocycles. The number of hydrogen-bond donors (Lipinski definition) is 1. The van der Waals surface area contributed by atoms with Gasteiger partial charge in [0.1, 0.15) is 5.75 Å². The van der Waals surface area contributed by atoms with E-state index in [1.165, 1.54) is 0 Å². The van der Waals surface area contributed by atoms with Crippen LogP contribution in [0.3, 0.4) is 0 Å². The maximum absolute atomic E-state index is 11.6. The molecule has 1 aromatic rings. The van der Waals surface area contributed by atoms with Gasteiger partial charge in [0.15, 0.2) is 0 Å². The quantitative estimate of drug-likeness (QED) is 0.628. The van der Waals surface area contributed by atoms with E-state index in [0.29, 0.717) is 23.6 Å². The smallest absolute Gasteiger partial charge is 0.338 e. The van der Waals surface area contributed by atoms with Gasteiger partial charge in [-0.05, 0) is 32.9 Å². The van der Waals surface area contributed by atoms with Gasteiger partial charge in [-0.2, -0.15) is 0 Å². The maximum atomic E-state index is 11.6. The van der Waals surface area contributed by atoms with Crippen molar-refractivity contribution in [3.05, 3.63) is 23.8 Å². The molecule has 0 aromatic heterocycles. The van der Waals surface area contributed by atoms with Crippen LogP contribution in [0.15, 0.2) is 18.2 Å². The van der Waals surface area contributed by atoms with Crippen molar-refractivity contribution in [2.75, 3.05) is 12.3 Å². The molecule has 1 aromatic carbocycles. The summed E-state index contributed by atoms with van der Waals surface area (Å²) in [6.07, 6.45) is -0.149. The van der Waals surface area contributed by atoms with Crippen LogP contribution in [0.4, 0.5) is 5.69 Å². The molecule has 2 N–H and O–H groups in total. The molecule has 0 saturated carbocycles. The van der Waals surface area contributed by atoms with Crippen molar-refractivity contribution in [1.29, 1.82) is 0 Å². The van der Waals surface area contributed by atoms with Crippen LogP contribution in [0.2, 0.25) is 0 Å². The lowest BCUT2D eigenvalue weighted by Gasteiger charge is -2.10. The summed E-state index contributed by atoms with van der Waals surface area (Å²) in [6, 6.07) is 4.88. The minimum absolute atomic E-state index is 0.149. The van der Waals surface area contributed by atoms with E-state index >= 15 is 0 Å². The molecule has 0 aliphatic carbocycles. The summed E-state index contributed by atoms with van der Waals surface area (Å²) in [5.74, 6) is 0.196. The van der Waals surface area contributed by atoms with Gasteiger partial charge in [-0.25, -0.2) is 4.79 Å². The van der Waals surface area contributed by atoms with Gasteiger partial charge >= 0.3 is 5.97 Å². The van der Waals surface area contributed by atoms with E-state index < -0.39 is 0 Å². The van der Waals surface area contributed by atoms with Crippen molar-refractivity contribution in [3.8, 4) is 5.75 Å². The largest absolute Gasteiger partial charge is 0.494 e. The van der Waals surface area contributed by atoms with Gasteiger partial charge in [-0.3, -0.25) is 0 Å². The average Bonchev–Trinajstić information content (AvgIpc) is 2.16. The zero-order valence-corrected chi connectivity index (χ0v) is 9.82. The molecule has 4 heteroatoms. The summed E-state index contributed by atoms with van der Waals surface area (Å²) in [5, 5.41) is 0. The van der Waals surface area contributed by atoms with Gasteiger partial charge in [-0.15, -0.1) is 0 Å². The molecule has 0 amide bonds. The van der Waals surface area contributed by atoms with E-state index in [1.807, 2.05) is 6.92 Å². The fourth-order valence-electron chi connectivity index (χ4n) is 1.27. The van der Waals surface area contributed by atoms with Crippen LogP contribution in [-0.4, -0.2) is 18.7 Å². The highest BCUT2D eigenvalue weighted by molar-refractivity contribution is 5.91. The summed E-state index contributed by atoms with van der Waals surface area (Å²) < 4.78 is 10.4. The standard InChI is InChI=1S/C12H17NO3/c1-4-15-11-6-9(5-10(13)7-11)12(14)16-8(2)3/h5-8H,4,13H2,1-3H3. The second kappa shape index (κ2) is 5.39. The Labute approximate surface area is 95.3 Å². The van der Waals surface area contributed by atoms with Crippen LogP contribution >= 0.6 is 0 Å². The molecule has 0 fully saturated rings. The first-order valence-electron chi connectivity index (χ1n) is 5.27. The molecule has 1 rings (SSSR count). The fourth-order valence-corrected chi connectivity index (χ4v) is 1.27. The highest BCUT2D eigenvalue weighted by Crippen LogP contribution is 2.19. The number of carbonyl (C=O) groups excluding carboxylic acids is 1. The van der Waals surface area contributed by atoms with Crippen LogP contribution in [0.5, 0.6) is 5.75 Å². The van der Waals surface area contributed by atoms with Crippen LogP contribution in [0.25, 0.3) is 0 Å². The van der Waals surface area contributed by atoms with E-state index in [-0.39, 0.29) is 12.1 Å². The Hall–Kier alpha value is -1.71. The monoisotopic (exact) mass is 223 g/mol. The Bertz CT molecular complexity index is 375. The predicted molar refractivity (Wildman–Crippen MR) is 62.6 cm³/mol. The molecular formula is C12H17NO3. The molecule has 0 radical (unpaired) electrons. The van der Waals surface area contributed by atoms with Crippen molar-refractivity contribution in [3.63, 3.8) is 0 Å². The van der Waals surface area contributed by atoms with E-state index in [9.17, 15) is 4.79 Å². The molecule has 0 aliphatic heterocycles. The normalized spacial score (nSPS) is 10.2. The minimum Gasteiger partial charge on any atom is -0.494 e. The van der Waals surface area contributed by atoms with Gasteiger partial charge < -0.3 is 15.2 Å². The van der Waals surface area contributed by atoms with Gasteiger partial charge in [0.05, 0.1) is 18.3 Å². The summed E-state index contributed by atoms with van der Waals surface area (Å²) >= 11 is 0. The Balaban J connectivity index is 2.91. The summed E-state index contributed by atoms with van der Waals surface area (Å²) in [7, 11) is 0. The van der Waals surface area contributed by atoms with Crippen LogP contribution in [0, 0.1) is 0 Å². The van der Waals surface area contributed by atoms with Crippen LogP contribution in [-0.2, 0) is 4.74 Å². The minimum atomic E-state index is -0.386. The molecule has 0 unspecified atom stereocenters. The average molecular weight is 223 g/mol. The number of benzene rings is 1. The van der Waals surface area contributed by atoms with Crippen molar-refractivity contribution >= 4 is 11.7 Å². The van der Waals surface area contributed by atoms with Crippen LogP contribution in [0.1, 0.15) is 31.1 Å². The van der Waals surface area contributed by atoms with Gasteiger partial charge in [-0.1, -0.05) is 0 Å². The highest BCUT2D eigenvalue weighted by atomic mass is 16.5. The molecule has 0 atom stereocenters. The lowest BCUT2D eigenvalue weighted by atomic mass is 10.2. The number of carbonyl (C=O) groups is 1. The van der Waals surface area contributed by atoms with E-state index in [4.69, 9.17) is 15.2 Å². The first-order valence-corrected chi connectivity index (χ1v) is 5.27. The number of rotatable bonds is 4. The topological polar surface area (TPSA) is 61.5 Å². The molecular weight excluding hydrogens is 206 g/mol. The molecule has 0 aliphatic rings. The number of esters is 1. The summed E-state index contributed by atoms with van der Waals surface area (Å²) in [5.41, 5.74) is 6.57. The van der Waals surface area contributed by atoms with E-state index in [2.05, 4.69) is 0 Å². The van der Waals surface area contributed by atoms with Crippen molar-refractivity contribution < 1.29 is 14.3 Å². The SMILES string of the molecule is CCOc1cc(N)cc(C(=O)OC(C)C)c1. The van der Waals surface area contributed by atoms with Gasteiger partial charge in [0.2, 0.25) is 0 Å². The number of anilines is 1. The fraction of sp³-hybridized carbons (Fsp3) is 0.417. The lowest BCUT2D eigenvalue weighted by molar-refractivity contribution is 0.0377. The Morgan fingerprint density at radius 2 is 2.06 bits per heavy atom. The molecule has 0 spiro atoms. The van der Waals surface area contributed by atoms with Gasteiger partial charge in [0, 0.05) is 11.8 Å². The van der Waals surface area contributed by atoms with E-state index in [0.717, 1.165) is 0 Å². The Morgan fingerprint density at radius 3 is 2.62 bits per heavy atom. The molecule has 0 saturated heterocycles. The Morgan fingerprint density at radius 1 is 1.38 bits per heavy atom. The van der Waals surface area contributed by atoms with Crippen LogP contribution < -0.4 is 10.5 Å². The van der Waals surface area contributed by atoms with Crippen molar-refractivity contribution in [2.45, 2.75) is 26.9 Å². The number of nitrogens with two attached hydrogens (primary N) is 1. The third kappa shape index (κ3) is 3.46. The maximum Gasteiger partial charge on any atom is 0.338 e. The molecule has 0 bridgehead atoms. The third-order valence-electron chi connectivity index (χ3n) is 1.82. The lowest BCUT2D eigenvalue weighted by Crippen LogP contribution is -2.12. The van der Waals surface area contributed by atoms with Crippen molar-refractivity contribution in [1.82, 2.24) is 0 Å². The second-order valence-electron chi connectivity index (χ2n) is 3.68. The number of nitrogen functional groups attached to an aromatic ring is 1. The number of ether oxygens (including phenoxy) is 2. The molecule has 16 heavy (non-hydrogen) atoms. The number of hydrogen-bond acceptors (Lipinski definition) is 4.